The van der Waals surface area contributed by atoms with E-state index in [4.69, 9.17) is 16.3 Å². The molecule has 0 unspecified atom stereocenters. The van der Waals surface area contributed by atoms with Gasteiger partial charge in [-0.15, -0.1) is 0 Å². The maximum Gasteiger partial charge on any atom is 0.256 e. The van der Waals surface area contributed by atoms with Crippen molar-refractivity contribution >= 4 is 40.7 Å². The predicted molar refractivity (Wildman–Crippen MR) is 146 cm³/mol. The van der Waals surface area contributed by atoms with E-state index in [1.165, 1.54) is 6.33 Å². The average Bonchev–Trinajstić information content (AvgIpc) is 3.75. The lowest BCUT2D eigenvalue weighted by atomic mass is 9.76. The van der Waals surface area contributed by atoms with Crippen molar-refractivity contribution in [3.05, 3.63) is 70.5 Å². The Hall–Kier alpha value is -3.65. The lowest BCUT2D eigenvalue weighted by Crippen LogP contribution is -2.44. The van der Waals surface area contributed by atoms with Crippen LogP contribution in [0.3, 0.4) is 0 Å². The Bertz CT molecular complexity index is 1380. The number of hydrogen-bond donors (Lipinski definition) is 2. The summed E-state index contributed by atoms with van der Waals surface area (Å²) in [6.45, 7) is 0.507. The van der Waals surface area contributed by atoms with Gasteiger partial charge in [0.25, 0.3) is 5.91 Å². The molecule has 38 heavy (non-hydrogen) atoms. The van der Waals surface area contributed by atoms with Crippen LogP contribution >= 0.6 is 11.6 Å². The number of benzene rings is 2. The van der Waals surface area contributed by atoms with E-state index < -0.39 is 5.54 Å². The molecule has 8 nitrogen and oxygen atoms in total. The van der Waals surface area contributed by atoms with Gasteiger partial charge >= 0.3 is 0 Å². The number of carbonyl (C=O) groups is 2. The minimum atomic E-state index is -0.402. The van der Waals surface area contributed by atoms with Gasteiger partial charge in [0.1, 0.15) is 23.7 Å². The second-order valence-corrected chi connectivity index (χ2v) is 10.8. The van der Waals surface area contributed by atoms with Crippen molar-refractivity contribution in [1.82, 2.24) is 14.9 Å². The highest BCUT2D eigenvalue weighted by molar-refractivity contribution is 6.34. The minimum Gasteiger partial charge on any atom is -0.497 e. The van der Waals surface area contributed by atoms with Crippen LogP contribution in [0.25, 0.3) is 0 Å². The first-order chi connectivity index (χ1) is 18.5. The molecule has 1 aliphatic heterocycles. The van der Waals surface area contributed by atoms with Crippen LogP contribution in [0, 0.1) is 5.92 Å². The minimum absolute atomic E-state index is 0.00932. The molecule has 0 radical (unpaired) electrons. The molecule has 2 aliphatic carbocycles. The van der Waals surface area contributed by atoms with Crippen molar-refractivity contribution < 1.29 is 14.3 Å². The van der Waals surface area contributed by atoms with Gasteiger partial charge in [-0.3, -0.25) is 9.59 Å². The Morgan fingerprint density at radius 1 is 1.08 bits per heavy atom. The van der Waals surface area contributed by atoms with E-state index in [1.807, 2.05) is 35.2 Å². The molecule has 1 spiro atoms. The van der Waals surface area contributed by atoms with Crippen LogP contribution in [0.2, 0.25) is 5.02 Å². The molecule has 2 N–H and O–H groups in total. The molecule has 6 rings (SSSR count). The summed E-state index contributed by atoms with van der Waals surface area (Å²) in [5.41, 5.74) is 2.96. The van der Waals surface area contributed by atoms with Gasteiger partial charge in [-0.2, -0.15) is 0 Å². The van der Waals surface area contributed by atoms with E-state index in [2.05, 4.69) is 20.6 Å². The molecule has 0 bridgehead atoms. The van der Waals surface area contributed by atoms with Crippen LogP contribution in [0.1, 0.15) is 66.4 Å². The van der Waals surface area contributed by atoms with Gasteiger partial charge in [0, 0.05) is 24.2 Å². The maximum atomic E-state index is 13.8. The highest BCUT2D eigenvalue weighted by Gasteiger charge is 2.50. The smallest absolute Gasteiger partial charge is 0.256 e. The van der Waals surface area contributed by atoms with Crippen LogP contribution in [-0.2, 0) is 16.9 Å². The molecule has 0 atom stereocenters. The Morgan fingerprint density at radius 2 is 1.82 bits per heavy atom. The molecule has 0 saturated heterocycles. The van der Waals surface area contributed by atoms with Crippen LogP contribution in [0.15, 0.2) is 48.8 Å². The van der Waals surface area contributed by atoms with Crippen LogP contribution in [0.5, 0.6) is 5.75 Å². The highest BCUT2D eigenvalue weighted by Crippen LogP contribution is 2.52. The molecule has 9 heteroatoms. The van der Waals surface area contributed by atoms with E-state index in [-0.39, 0.29) is 17.7 Å². The van der Waals surface area contributed by atoms with Crippen LogP contribution < -0.4 is 15.4 Å². The number of rotatable bonds is 7. The summed E-state index contributed by atoms with van der Waals surface area (Å²) in [5, 5.41) is 6.60. The number of anilines is 3. The number of hydrogen-bond acceptors (Lipinski definition) is 6. The quantitative estimate of drug-likeness (QED) is 0.385. The molecule has 3 aliphatic rings. The number of fused-ring (bicyclic) bond motifs is 2. The fourth-order valence-corrected chi connectivity index (χ4v) is 6.07. The van der Waals surface area contributed by atoms with Gasteiger partial charge in [-0.05, 0) is 61.1 Å². The summed E-state index contributed by atoms with van der Waals surface area (Å²) in [5.74, 6) is 1.83. The fraction of sp³-hybridized carbons (Fsp3) is 0.379. The third kappa shape index (κ3) is 4.58. The lowest BCUT2D eigenvalue weighted by Gasteiger charge is -2.42. The first-order valence-electron chi connectivity index (χ1n) is 13.2. The molecule has 2 aromatic carbocycles. The second kappa shape index (κ2) is 9.91. The van der Waals surface area contributed by atoms with Crippen molar-refractivity contribution in [3.8, 4) is 5.75 Å². The number of halogens is 1. The molecule has 2 saturated carbocycles. The number of amides is 2. The topological polar surface area (TPSA) is 96.5 Å². The molecule has 2 fully saturated rings. The second-order valence-electron chi connectivity index (χ2n) is 10.4. The number of aromatic nitrogens is 2. The van der Waals surface area contributed by atoms with Crippen molar-refractivity contribution in [1.29, 1.82) is 0 Å². The van der Waals surface area contributed by atoms with Gasteiger partial charge < -0.3 is 20.3 Å². The fourth-order valence-electron chi connectivity index (χ4n) is 5.77. The lowest BCUT2D eigenvalue weighted by molar-refractivity contribution is -0.117. The number of nitrogens with one attached hydrogen (secondary N) is 2. The predicted octanol–water partition coefficient (Wildman–Crippen LogP) is 6.05. The molecule has 3 aromatic rings. The van der Waals surface area contributed by atoms with E-state index in [9.17, 15) is 9.59 Å². The first-order valence-corrected chi connectivity index (χ1v) is 13.5. The summed E-state index contributed by atoms with van der Waals surface area (Å²) in [4.78, 5) is 36.5. The molecule has 1 aromatic heterocycles. The average molecular weight is 532 g/mol. The van der Waals surface area contributed by atoms with Gasteiger partial charge in [0.2, 0.25) is 5.91 Å². The van der Waals surface area contributed by atoms with E-state index in [0.29, 0.717) is 28.8 Å². The zero-order valence-corrected chi connectivity index (χ0v) is 22.1. The van der Waals surface area contributed by atoms with E-state index >= 15 is 0 Å². The summed E-state index contributed by atoms with van der Waals surface area (Å²) < 4.78 is 5.30. The summed E-state index contributed by atoms with van der Waals surface area (Å²) in [6.07, 6.45) is 8.32. The van der Waals surface area contributed by atoms with Crippen LogP contribution in [0.4, 0.5) is 17.3 Å². The van der Waals surface area contributed by atoms with Crippen molar-refractivity contribution in [2.75, 3.05) is 17.7 Å². The van der Waals surface area contributed by atoms with Gasteiger partial charge in [-0.1, -0.05) is 43.0 Å². The van der Waals surface area contributed by atoms with Crippen molar-refractivity contribution in [2.24, 2.45) is 5.92 Å². The molecular formula is C29H30ClN5O3. The highest BCUT2D eigenvalue weighted by atomic mass is 35.5. The monoisotopic (exact) mass is 531 g/mol. The first kappa shape index (κ1) is 24.7. The normalized spacial score (nSPS) is 17.8. The van der Waals surface area contributed by atoms with Gasteiger partial charge in [0.15, 0.2) is 0 Å². The summed E-state index contributed by atoms with van der Waals surface area (Å²) in [7, 11) is 1.65. The molecule has 196 valence electrons. The zero-order valence-electron chi connectivity index (χ0n) is 21.3. The van der Waals surface area contributed by atoms with E-state index in [0.717, 1.165) is 67.5 Å². The third-order valence-corrected chi connectivity index (χ3v) is 8.18. The summed E-state index contributed by atoms with van der Waals surface area (Å²) in [6, 6.07) is 13.4. The van der Waals surface area contributed by atoms with Crippen molar-refractivity contribution in [2.45, 2.75) is 57.0 Å². The molecule has 2 amide bonds. The molecular weight excluding hydrogens is 502 g/mol. The number of nitrogens with zero attached hydrogens (tertiary/aromatic N) is 3. The standard InChI is InChI=1S/C29H30ClN5O3/c1-38-21-9-5-18(6-10-21)16-35-28(37)26-22(29(35)11-3-2-4-12-29)13-20(14-23(26)30)33-24-15-25(32-17-31-24)34-27(36)19-7-8-19/h5-6,9-10,13-15,17,19H,2-4,7-8,11-12,16H2,1H3,(H2,31,32,33,34,36). The Labute approximate surface area is 226 Å². The summed E-state index contributed by atoms with van der Waals surface area (Å²) >= 11 is 6.79. The zero-order chi connectivity index (χ0) is 26.3. The SMILES string of the molecule is COc1ccc(CN2C(=O)c3c(Cl)cc(Nc4cc(NC(=O)C5CC5)ncn4)cc3C23CCCCC3)cc1. The third-order valence-electron chi connectivity index (χ3n) is 7.89. The number of carbonyl (C=O) groups excluding carboxylic acids is 2. The Morgan fingerprint density at radius 3 is 2.53 bits per heavy atom. The van der Waals surface area contributed by atoms with Gasteiger partial charge in [-0.25, -0.2) is 9.97 Å². The van der Waals surface area contributed by atoms with Crippen LogP contribution in [-0.4, -0.2) is 33.8 Å². The Balaban J connectivity index is 1.31. The van der Waals surface area contributed by atoms with Crippen molar-refractivity contribution in [3.63, 3.8) is 0 Å². The maximum absolute atomic E-state index is 13.8. The molecule has 2 heterocycles. The van der Waals surface area contributed by atoms with E-state index in [1.54, 1.807) is 19.2 Å². The Kier molecular flexibility index (Phi) is 6.43. The number of methoxy groups -OCH3 is 1. The largest absolute Gasteiger partial charge is 0.497 e. The number of ether oxygens (including phenoxy) is 1. The van der Waals surface area contributed by atoms with Gasteiger partial charge in [0.05, 0.1) is 23.2 Å².